The lowest BCUT2D eigenvalue weighted by Gasteiger charge is -2.37. The number of nitrogens with zero attached hydrogens (tertiary/aromatic N) is 1. The average Bonchev–Trinajstić information content (AvgIpc) is 2.38. The van der Waals surface area contributed by atoms with Crippen LogP contribution in [0, 0.1) is 0 Å². The summed E-state index contributed by atoms with van der Waals surface area (Å²) in [6.45, 7) is 5.51. The maximum absolute atomic E-state index is 11.5. The molecular formula is C15H21NO2. The number of ketones is 1. The molecule has 1 heterocycles. The van der Waals surface area contributed by atoms with E-state index in [2.05, 4.69) is 4.90 Å². The number of hydrogen-bond donors (Lipinski definition) is 1. The summed E-state index contributed by atoms with van der Waals surface area (Å²) >= 11 is 0. The van der Waals surface area contributed by atoms with E-state index in [9.17, 15) is 9.90 Å². The molecule has 3 heteroatoms. The molecule has 1 saturated heterocycles. The van der Waals surface area contributed by atoms with Gasteiger partial charge < -0.3 is 10.0 Å². The van der Waals surface area contributed by atoms with Crippen molar-refractivity contribution < 1.29 is 9.90 Å². The Labute approximate surface area is 108 Å². The van der Waals surface area contributed by atoms with Gasteiger partial charge in [-0.3, -0.25) is 4.79 Å². The van der Waals surface area contributed by atoms with Gasteiger partial charge in [0.15, 0.2) is 5.78 Å². The zero-order chi connectivity index (χ0) is 13.2. The van der Waals surface area contributed by atoms with Gasteiger partial charge in [0.25, 0.3) is 0 Å². The summed E-state index contributed by atoms with van der Waals surface area (Å²) in [5.41, 5.74) is 1.40. The minimum Gasteiger partial charge on any atom is -0.390 e. The first-order valence-electron chi connectivity index (χ1n) is 6.62. The van der Waals surface area contributed by atoms with E-state index in [1.165, 1.54) is 0 Å². The minimum absolute atomic E-state index is 0.183. The summed E-state index contributed by atoms with van der Waals surface area (Å²) in [6, 6.07) is 7.80. The molecule has 3 nitrogen and oxygen atoms in total. The Morgan fingerprint density at radius 2 is 1.83 bits per heavy atom. The number of anilines is 1. The van der Waals surface area contributed by atoms with Gasteiger partial charge in [-0.2, -0.15) is 0 Å². The van der Waals surface area contributed by atoms with Gasteiger partial charge >= 0.3 is 0 Å². The van der Waals surface area contributed by atoms with Crippen LogP contribution in [0.2, 0.25) is 0 Å². The summed E-state index contributed by atoms with van der Waals surface area (Å²) in [5.74, 6) is 0.183. The number of carbonyl (C=O) groups is 1. The zero-order valence-electron chi connectivity index (χ0n) is 11.1. The van der Waals surface area contributed by atoms with E-state index in [0.29, 0.717) is 6.42 Å². The fraction of sp³-hybridized carbons (Fsp3) is 0.533. The first kappa shape index (κ1) is 13.1. The monoisotopic (exact) mass is 247 g/mol. The highest BCUT2D eigenvalue weighted by molar-refractivity contribution is 5.96. The number of piperidine rings is 1. The third kappa shape index (κ3) is 2.91. The number of carbonyl (C=O) groups excluding carboxylic acids is 1. The van der Waals surface area contributed by atoms with Gasteiger partial charge in [-0.15, -0.1) is 0 Å². The van der Waals surface area contributed by atoms with Crippen molar-refractivity contribution in [2.75, 3.05) is 18.0 Å². The summed E-state index contributed by atoms with van der Waals surface area (Å²) in [4.78, 5) is 13.8. The molecule has 0 bridgehead atoms. The average molecular weight is 247 g/mol. The van der Waals surface area contributed by atoms with Gasteiger partial charge in [-0.05, 0) is 44.0 Å². The second kappa shape index (κ2) is 5.11. The second-order valence-electron chi connectivity index (χ2n) is 5.31. The number of hydrogen-bond acceptors (Lipinski definition) is 3. The van der Waals surface area contributed by atoms with Crippen molar-refractivity contribution in [1.82, 2.24) is 0 Å². The normalized spacial score (nSPS) is 18.7. The van der Waals surface area contributed by atoms with E-state index < -0.39 is 5.60 Å². The maximum Gasteiger partial charge on any atom is 0.162 e. The zero-order valence-corrected chi connectivity index (χ0v) is 11.1. The molecule has 1 aromatic carbocycles. The molecule has 0 spiro atoms. The molecule has 1 N–H and O–H groups in total. The quantitative estimate of drug-likeness (QED) is 0.835. The van der Waals surface area contributed by atoms with Gasteiger partial charge in [0, 0.05) is 30.8 Å². The van der Waals surface area contributed by atoms with E-state index in [4.69, 9.17) is 0 Å². The number of Topliss-reactive ketones (excluding diaryl/α,β-unsaturated/α-hetero) is 1. The summed E-state index contributed by atoms with van der Waals surface area (Å²) in [7, 11) is 0. The number of aliphatic hydroxyl groups is 1. The van der Waals surface area contributed by atoms with Crippen molar-refractivity contribution in [2.24, 2.45) is 0 Å². The summed E-state index contributed by atoms with van der Waals surface area (Å²) < 4.78 is 0. The van der Waals surface area contributed by atoms with Crippen molar-refractivity contribution in [2.45, 2.75) is 38.7 Å². The Kier molecular flexibility index (Phi) is 3.71. The van der Waals surface area contributed by atoms with Crippen LogP contribution in [0.1, 0.15) is 43.5 Å². The molecular weight excluding hydrogens is 226 g/mol. The Bertz CT molecular complexity index is 413. The molecule has 1 aromatic rings. The Morgan fingerprint density at radius 3 is 2.33 bits per heavy atom. The van der Waals surface area contributed by atoms with Gasteiger partial charge in [-0.25, -0.2) is 0 Å². The predicted molar refractivity (Wildman–Crippen MR) is 73.1 cm³/mol. The molecule has 1 aliphatic heterocycles. The van der Waals surface area contributed by atoms with Crippen LogP contribution in [0.4, 0.5) is 5.69 Å². The first-order chi connectivity index (χ1) is 8.52. The molecule has 0 saturated carbocycles. The highest BCUT2D eigenvalue weighted by Crippen LogP contribution is 2.26. The van der Waals surface area contributed by atoms with Crippen molar-refractivity contribution in [3.8, 4) is 0 Å². The van der Waals surface area contributed by atoms with Crippen LogP contribution >= 0.6 is 0 Å². The maximum atomic E-state index is 11.5. The summed E-state index contributed by atoms with van der Waals surface area (Å²) in [5, 5.41) is 9.92. The second-order valence-corrected chi connectivity index (χ2v) is 5.31. The third-order valence-electron chi connectivity index (χ3n) is 3.72. The highest BCUT2D eigenvalue weighted by Gasteiger charge is 2.27. The molecule has 98 valence electrons. The predicted octanol–water partition coefficient (Wildman–Crippen LogP) is 2.63. The number of benzene rings is 1. The third-order valence-corrected chi connectivity index (χ3v) is 3.72. The van der Waals surface area contributed by atoms with Gasteiger partial charge in [0.2, 0.25) is 0 Å². The fourth-order valence-electron chi connectivity index (χ4n) is 2.31. The van der Waals surface area contributed by atoms with Gasteiger partial charge in [0.05, 0.1) is 5.60 Å². The van der Waals surface area contributed by atoms with Crippen LogP contribution in [-0.4, -0.2) is 29.6 Å². The molecule has 2 rings (SSSR count). The standard InChI is InChI=1S/C15H21NO2/c1-3-14(17)12-4-6-13(7-5-12)16-10-8-15(2,18)9-11-16/h4-7,18H,3,8-11H2,1-2H3. The van der Waals surface area contributed by atoms with E-state index >= 15 is 0 Å². The van der Waals surface area contributed by atoms with E-state index in [1.54, 1.807) is 0 Å². The Balaban J connectivity index is 2.04. The lowest BCUT2D eigenvalue weighted by molar-refractivity contribution is 0.0351. The van der Waals surface area contributed by atoms with Gasteiger partial charge in [-0.1, -0.05) is 6.92 Å². The largest absolute Gasteiger partial charge is 0.390 e. The van der Waals surface area contributed by atoms with Crippen molar-refractivity contribution >= 4 is 11.5 Å². The van der Waals surface area contributed by atoms with Crippen LogP contribution in [0.15, 0.2) is 24.3 Å². The Morgan fingerprint density at radius 1 is 1.28 bits per heavy atom. The lowest BCUT2D eigenvalue weighted by atomic mass is 9.93. The molecule has 0 unspecified atom stereocenters. The Hall–Kier alpha value is -1.35. The lowest BCUT2D eigenvalue weighted by Crippen LogP contribution is -2.42. The van der Waals surface area contributed by atoms with Crippen molar-refractivity contribution in [3.63, 3.8) is 0 Å². The van der Waals surface area contributed by atoms with Crippen molar-refractivity contribution in [3.05, 3.63) is 29.8 Å². The van der Waals surface area contributed by atoms with Crippen LogP contribution in [0.25, 0.3) is 0 Å². The fourth-order valence-corrected chi connectivity index (χ4v) is 2.31. The molecule has 18 heavy (non-hydrogen) atoms. The molecule has 0 aromatic heterocycles. The SMILES string of the molecule is CCC(=O)c1ccc(N2CCC(C)(O)CC2)cc1. The van der Waals surface area contributed by atoms with Gasteiger partial charge in [0.1, 0.15) is 0 Å². The molecule has 0 amide bonds. The van der Waals surface area contributed by atoms with Crippen LogP contribution in [0.5, 0.6) is 0 Å². The first-order valence-corrected chi connectivity index (χ1v) is 6.62. The molecule has 0 aliphatic carbocycles. The van der Waals surface area contributed by atoms with Crippen molar-refractivity contribution in [1.29, 1.82) is 0 Å². The molecule has 1 fully saturated rings. The topological polar surface area (TPSA) is 40.5 Å². The van der Waals surface area contributed by atoms with E-state index in [1.807, 2.05) is 38.1 Å². The number of rotatable bonds is 3. The summed E-state index contributed by atoms with van der Waals surface area (Å²) in [6.07, 6.45) is 2.14. The molecule has 1 aliphatic rings. The van der Waals surface area contributed by atoms with Crippen LogP contribution in [0.3, 0.4) is 0 Å². The van der Waals surface area contributed by atoms with E-state index in [-0.39, 0.29) is 5.78 Å². The van der Waals surface area contributed by atoms with E-state index in [0.717, 1.165) is 37.2 Å². The molecule has 0 atom stereocenters. The van der Waals surface area contributed by atoms with Crippen LogP contribution < -0.4 is 4.90 Å². The molecule has 0 radical (unpaired) electrons. The smallest absolute Gasteiger partial charge is 0.162 e. The minimum atomic E-state index is -0.519. The highest BCUT2D eigenvalue weighted by atomic mass is 16.3. The van der Waals surface area contributed by atoms with Crippen LogP contribution in [-0.2, 0) is 0 Å².